The molecule has 0 spiro atoms. The number of nitrogens with zero attached hydrogens (tertiary/aromatic N) is 1. The fraction of sp³-hybridized carbons (Fsp3) is 0.529. The molecule has 1 aliphatic rings. The molecule has 0 aliphatic carbocycles. The molecule has 120 valence electrons. The molecule has 5 heteroatoms. The van der Waals surface area contributed by atoms with Crippen molar-refractivity contribution in [1.82, 2.24) is 15.5 Å². The van der Waals surface area contributed by atoms with Crippen LogP contribution in [0.4, 0.5) is 0 Å². The third-order valence-electron chi connectivity index (χ3n) is 4.08. The van der Waals surface area contributed by atoms with Gasteiger partial charge in [0.2, 0.25) is 5.91 Å². The lowest BCUT2D eigenvalue weighted by molar-refractivity contribution is -0.132. The van der Waals surface area contributed by atoms with E-state index in [0.717, 1.165) is 25.9 Å². The summed E-state index contributed by atoms with van der Waals surface area (Å²) in [5.74, 6) is -0.0199. The Kier molecular flexibility index (Phi) is 5.95. The molecule has 1 saturated heterocycles. The van der Waals surface area contributed by atoms with Gasteiger partial charge < -0.3 is 15.5 Å². The van der Waals surface area contributed by atoms with E-state index in [2.05, 4.69) is 10.6 Å². The largest absolute Gasteiger partial charge is 0.349 e. The molecule has 0 aromatic heterocycles. The normalized spacial score (nSPS) is 19.5. The van der Waals surface area contributed by atoms with E-state index in [0.29, 0.717) is 18.0 Å². The van der Waals surface area contributed by atoms with Gasteiger partial charge in [0.05, 0.1) is 0 Å². The Balaban J connectivity index is 1.82. The molecule has 0 radical (unpaired) electrons. The maximum atomic E-state index is 12.3. The van der Waals surface area contributed by atoms with Crippen LogP contribution >= 0.6 is 0 Å². The Hall–Kier alpha value is -1.88. The molecule has 1 fully saturated rings. The maximum Gasteiger partial charge on any atom is 0.251 e. The lowest BCUT2D eigenvalue weighted by Crippen LogP contribution is -2.48. The molecular formula is C17H25N3O2. The van der Waals surface area contributed by atoms with Gasteiger partial charge in [-0.2, -0.15) is 0 Å². The quantitative estimate of drug-likeness (QED) is 0.864. The van der Waals surface area contributed by atoms with E-state index in [9.17, 15) is 9.59 Å². The highest BCUT2D eigenvalue weighted by Gasteiger charge is 2.24. The number of rotatable bonds is 5. The van der Waals surface area contributed by atoms with Crippen molar-refractivity contribution < 1.29 is 9.59 Å². The van der Waals surface area contributed by atoms with Crippen LogP contribution in [0.1, 0.15) is 36.5 Å². The number of piperidine rings is 1. The van der Waals surface area contributed by atoms with Crippen molar-refractivity contribution >= 4 is 11.8 Å². The number of likely N-dealkylation sites (N-methyl/N-ethyl adjacent to an activating group) is 1. The third-order valence-corrected chi connectivity index (χ3v) is 4.08. The van der Waals surface area contributed by atoms with Gasteiger partial charge in [-0.15, -0.1) is 0 Å². The van der Waals surface area contributed by atoms with Crippen LogP contribution < -0.4 is 10.6 Å². The minimum Gasteiger partial charge on any atom is -0.349 e. The molecular weight excluding hydrogens is 278 g/mol. The number of amides is 2. The summed E-state index contributed by atoms with van der Waals surface area (Å²) in [6.45, 7) is 3.45. The number of hydrogen-bond acceptors (Lipinski definition) is 3. The summed E-state index contributed by atoms with van der Waals surface area (Å²) in [7, 11) is 1.93. The first-order valence-electron chi connectivity index (χ1n) is 7.91. The molecule has 0 saturated carbocycles. The van der Waals surface area contributed by atoms with E-state index in [-0.39, 0.29) is 17.9 Å². The average molecular weight is 303 g/mol. The fourth-order valence-electron chi connectivity index (χ4n) is 2.78. The molecule has 1 aromatic carbocycles. The first-order valence-corrected chi connectivity index (χ1v) is 7.91. The topological polar surface area (TPSA) is 61.4 Å². The first-order chi connectivity index (χ1) is 10.6. The van der Waals surface area contributed by atoms with Crippen molar-refractivity contribution in [2.45, 2.75) is 38.3 Å². The van der Waals surface area contributed by atoms with E-state index in [1.165, 1.54) is 0 Å². The smallest absolute Gasteiger partial charge is 0.251 e. The monoisotopic (exact) mass is 303 g/mol. The molecule has 0 bridgehead atoms. The SMILES string of the molecule is CNC1CCCN(C(=O)CC(C)NC(=O)c2ccccc2)C1. The van der Waals surface area contributed by atoms with E-state index >= 15 is 0 Å². The van der Waals surface area contributed by atoms with E-state index in [1.807, 2.05) is 37.1 Å². The van der Waals surface area contributed by atoms with E-state index < -0.39 is 0 Å². The molecule has 22 heavy (non-hydrogen) atoms. The van der Waals surface area contributed by atoms with Gasteiger partial charge in [0.1, 0.15) is 0 Å². The lowest BCUT2D eigenvalue weighted by atomic mass is 10.0. The molecule has 1 aliphatic heterocycles. The first kappa shape index (κ1) is 16.5. The van der Waals surface area contributed by atoms with Gasteiger partial charge in [-0.3, -0.25) is 9.59 Å². The van der Waals surface area contributed by atoms with Crippen LogP contribution in [0, 0.1) is 0 Å². The molecule has 2 rings (SSSR count). The van der Waals surface area contributed by atoms with Crippen molar-refractivity contribution in [3.8, 4) is 0 Å². The van der Waals surface area contributed by atoms with Gasteiger partial charge in [0.15, 0.2) is 0 Å². The van der Waals surface area contributed by atoms with Gasteiger partial charge >= 0.3 is 0 Å². The lowest BCUT2D eigenvalue weighted by Gasteiger charge is -2.33. The Morgan fingerprint density at radius 1 is 1.32 bits per heavy atom. The van der Waals surface area contributed by atoms with Gasteiger partial charge in [-0.25, -0.2) is 0 Å². The third kappa shape index (κ3) is 4.56. The predicted octanol–water partition coefficient (Wildman–Crippen LogP) is 1.41. The fourth-order valence-corrected chi connectivity index (χ4v) is 2.78. The standard InChI is InChI=1S/C17H25N3O2/c1-13(19-17(22)14-7-4-3-5-8-14)11-16(21)20-10-6-9-15(12-20)18-2/h3-5,7-8,13,15,18H,6,9-12H2,1-2H3,(H,19,22). The zero-order valence-corrected chi connectivity index (χ0v) is 13.3. The summed E-state index contributed by atoms with van der Waals surface area (Å²) in [6, 6.07) is 9.28. The summed E-state index contributed by atoms with van der Waals surface area (Å²) in [5.41, 5.74) is 0.620. The van der Waals surface area contributed by atoms with Gasteiger partial charge in [0.25, 0.3) is 5.91 Å². The van der Waals surface area contributed by atoms with Crippen LogP contribution in [0.5, 0.6) is 0 Å². The molecule has 2 N–H and O–H groups in total. The van der Waals surface area contributed by atoms with Crippen LogP contribution in [0.3, 0.4) is 0 Å². The highest BCUT2D eigenvalue weighted by Crippen LogP contribution is 2.12. The summed E-state index contributed by atoms with van der Waals surface area (Å²) < 4.78 is 0. The zero-order valence-electron chi connectivity index (χ0n) is 13.3. The highest BCUT2D eigenvalue weighted by molar-refractivity contribution is 5.94. The minimum atomic E-state index is -0.171. The maximum absolute atomic E-state index is 12.3. The van der Waals surface area contributed by atoms with Gasteiger partial charge in [-0.05, 0) is 38.9 Å². The van der Waals surface area contributed by atoms with Crippen LogP contribution in [-0.4, -0.2) is 48.9 Å². The number of likely N-dealkylation sites (tertiary alicyclic amines) is 1. The van der Waals surface area contributed by atoms with Gasteiger partial charge in [-0.1, -0.05) is 18.2 Å². The van der Waals surface area contributed by atoms with Crippen molar-refractivity contribution in [2.75, 3.05) is 20.1 Å². The Labute approximate surface area is 132 Å². The number of carbonyl (C=O) groups excluding carboxylic acids is 2. The van der Waals surface area contributed by atoms with Gasteiger partial charge in [0, 0.05) is 37.2 Å². The second-order valence-corrected chi connectivity index (χ2v) is 5.91. The molecule has 1 heterocycles. The van der Waals surface area contributed by atoms with Crippen molar-refractivity contribution in [2.24, 2.45) is 0 Å². The zero-order chi connectivity index (χ0) is 15.9. The van der Waals surface area contributed by atoms with E-state index in [4.69, 9.17) is 0 Å². The molecule has 2 atom stereocenters. The van der Waals surface area contributed by atoms with Crippen molar-refractivity contribution in [1.29, 1.82) is 0 Å². The van der Waals surface area contributed by atoms with Crippen LogP contribution in [0.15, 0.2) is 30.3 Å². The van der Waals surface area contributed by atoms with Crippen molar-refractivity contribution in [3.05, 3.63) is 35.9 Å². The molecule has 2 unspecified atom stereocenters. The number of carbonyl (C=O) groups is 2. The number of benzene rings is 1. The summed E-state index contributed by atoms with van der Waals surface area (Å²) in [6.07, 6.45) is 2.48. The highest BCUT2D eigenvalue weighted by atomic mass is 16.2. The van der Waals surface area contributed by atoms with Crippen LogP contribution in [-0.2, 0) is 4.79 Å². The second-order valence-electron chi connectivity index (χ2n) is 5.91. The Bertz CT molecular complexity index is 504. The van der Waals surface area contributed by atoms with Crippen LogP contribution in [0.25, 0.3) is 0 Å². The number of hydrogen-bond donors (Lipinski definition) is 2. The summed E-state index contributed by atoms with van der Waals surface area (Å²) in [5, 5.41) is 6.12. The minimum absolute atomic E-state index is 0.112. The van der Waals surface area contributed by atoms with E-state index in [1.54, 1.807) is 12.1 Å². The van der Waals surface area contributed by atoms with Crippen molar-refractivity contribution in [3.63, 3.8) is 0 Å². The summed E-state index contributed by atoms with van der Waals surface area (Å²) >= 11 is 0. The summed E-state index contributed by atoms with van der Waals surface area (Å²) in [4.78, 5) is 26.3. The molecule has 5 nitrogen and oxygen atoms in total. The Morgan fingerprint density at radius 3 is 2.73 bits per heavy atom. The molecule has 1 aromatic rings. The second kappa shape index (κ2) is 7.94. The molecule has 2 amide bonds. The predicted molar refractivity (Wildman–Crippen MR) is 86.6 cm³/mol. The Morgan fingerprint density at radius 2 is 2.05 bits per heavy atom. The van der Waals surface area contributed by atoms with Crippen LogP contribution in [0.2, 0.25) is 0 Å². The number of nitrogens with one attached hydrogen (secondary N) is 2. The average Bonchev–Trinajstić information content (AvgIpc) is 2.55.